The Morgan fingerprint density at radius 2 is 2.14 bits per heavy atom. The van der Waals surface area contributed by atoms with Gasteiger partial charge in [-0.2, -0.15) is 0 Å². The van der Waals surface area contributed by atoms with E-state index in [4.69, 9.17) is 0 Å². The molecular formula is C11H13NO2. The van der Waals surface area contributed by atoms with Crippen LogP contribution in [0.4, 0.5) is 0 Å². The van der Waals surface area contributed by atoms with Crippen LogP contribution in [-0.4, -0.2) is 16.1 Å². The average molecular weight is 191 g/mol. The summed E-state index contributed by atoms with van der Waals surface area (Å²) < 4.78 is 0. The zero-order chi connectivity index (χ0) is 10.0. The number of nitrogens with zero attached hydrogens (tertiary/aromatic N) is 1. The van der Waals surface area contributed by atoms with E-state index in [-0.39, 0.29) is 0 Å². The zero-order valence-electron chi connectivity index (χ0n) is 7.94. The van der Waals surface area contributed by atoms with Crippen LogP contribution in [0.25, 0.3) is 0 Å². The fourth-order valence-electron chi connectivity index (χ4n) is 2.25. The lowest BCUT2D eigenvalue weighted by Gasteiger charge is -2.23. The number of carboxylic acids is 1. The van der Waals surface area contributed by atoms with Crippen molar-refractivity contribution in [2.24, 2.45) is 0 Å². The van der Waals surface area contributed by atoms with E-state index in [2.05, 4.69) is 4.98 Å². The lowest BCUT2D eigenvalue weighted by molar-refractivity contribution is -0.143. The highest BCUT2D eigenvalue weighted by atomic mass is 16.4. The molecule has 1 fully saturated rings. The molecule has 0 aromatic carbocycles. The lowest BCUT2D eigenvalue weighted by Crippen LogP contribution is -2.32. The van der Waals surface area contributed by atoms with Crippen LogP contribution in [0.3, 0.4) is 0 Å². The van der Waals surface area contributed by atoms with E-state index in [1.807, 2.05) is 6.07 Å². The molecule has 0 unspecified atom stereocenters. The molecule has 1 aliphatic rings. The molecule has 2 rings (SSSR count). The van der Waals surface area contributed by atoms with E-state index in [9.17, 15) is 9.90 Å². The maximum absolute atomic E-state index is 11.3. The van der Waals surface area contributed by atoms with Gasteiger partial charge in [0.05, 0.1) is 5.41 Å². The molecule has 0 atom stereocenters. The third-order valence-electron chi connectivity index (χ3n) is 3.08. The second kappa shape index (κ2) is 3.40. The number of pyridine rings is 1. The minimum atomic E-state index is -0.706. The van der Waals surface area contributed by atoms with Gasteiger partial charge in [0.25, 0.3) is 0 Å². The summed E-state index contributed by atoms with van der Waals surface area (Å²) in [5.41, 5.74) is 0.193. The van der Waals surface area contributed by atoms with Crippen LogP contribution in [0.1, 0.15) is 31.2 Å². The number of hydrogen-bond acceptors (Lipinski definition) is 2. The lowest BCUT2D eigenvalue weighted by atomic mass is 9.80. The van der Waals surface area contributed by atoms with Gasteiger partial charge in [-0.1, -0.05) is 18.9 Å². The Morgan fingerprint density at radius 1 is 1.43 bits per heavy atom. The number of hydrogen-bond donors (Lipinski definition) is 1. The van der Waals surface area contributed by atoms with Gasteiger partial charge in [0.1, 0.15) is 0 Å². The second-order valence-electron chi connectivity index (χ2n) is 3.84. The van der Waals surface area contributed by atoms with Gasteiger partial charge >= 0.3 is 5.97 Å². The molecule has 0 bridgehead atoms. The van der Waals surface area contributed by atoms with Crippen molar-refractivity contribution in [2.75, 3.05) is 0 Å². The molecular weight excluding hydrogens is 178 g/mol. The predicted octanol–water partition coefficient (Wildman–Crippen LogP) is 1.98. The summed E-state index contributed by atoms with van der Waals surface area (Å²) in [6.45, 7) is 0. The summed E-state index contributed by atoms with van der Waals surface area (Å²) in [6.07, 6.45) is 6.85. The van der Waals surface area contributed by atoms with E-state index in [1.54, 1.807) is 18.5 Å². The van der Waals surface area contributed by atoms with Crippen molar-refractivity contribution in [2.45, 2.75) is 31.1 Å². The highest BCUT2D eigenvalue weighted by Gasteiger charge is 2.42. The summed E-state index contributed by atoms with van der Waals surface area (Å²) >= 11 is 0. The number of carbonyl (C=O) groups is 1. The van der Waals surface area contributed by atoms with Crippen LogP contribution < -0.4 is 0 Å². The van der Waals surface area contributed by atoms with Crippen LogP contribution in [-0.2, 0) is 10.2 Å². The van der Waals surface area contributed by atoms with Gasteiger partial charge in [0.15, 0.2) is 0 Å². The molecule has 1 aromatic rings. The second-order valence-corrected chi connectivity index (χ2v) is 3.84. The quantitative estimate of drug-likeness (QED) is 0.777. The Balaban J connectivity index is 2.42. The smallest absolute Gasteiger partial charge is 0.314 e. The number of carboxylic acid groups (broad SMARTS) is 1. The molecule has 0 radical (unpaired) electrons. The standard InChI is InChI=1S/C11H13NO2/c13-10(14)11(5-1-2-6-11)9-4-3-7-12-8-9/h3-4,7-8H,1-2,5-6H2,(H,13,14). The van der Waals surface area contributed by atoms with Gasteiger partial charge < -0.3 is 5.11 Å². The van der Waals surface area contributed by atoms with Crippen LogP contribution in [0.2, 0.25) is 0 Å². The Kier molecular flexibility index (Phi) is 2.23. The fourth-order valence-corrected chi connectivity index (χ4v) is 2.25. The van der Waals surface area contributed by atoms with Crippen molar-refractivity contribution in [1.82, 2.24) is 4.98 Å². The summed E-state index contributed by atoms with van der Waals surface area (Å²) in [5.74, 6) is -0.706. The first-order valence-electron chi connectivity index (χ1n) is 4.90. The van der Waals surface area contributed by atoms with Crippen molar-refractivity contribution in [3.05, 3.63) is 30.1 Å². The van der Waals surface area contributed by atoms with E-state index in [0.717, 1.165) is 31.2 Å². The summed E-state index contributed by atoms with van der Waals surface area (Å²) in [5, 5.41) is 9.29. The first-order valence-corrected chi connectivity index (χ1v) is 4.90. The van der Waals surface area contributed by atoms with Crippen molar-refractivity contribution in [3.8, 4) is 0 Å². The zero-order valence-corrected chi connectivity index (χ0v) is 7.94. The number of rotatable bonds is 2. The number of aliphatic carboxylic acids is 1. The maximum atomic E-state index is 11.3. The fraction of sp³-hybridized carbons (Fsp3) is 0.455. The van der Waals surface area contributed by atoms with Crippen molar-refractivity contribution >= 4 is 5.97 Å². The van der Waals surface area contributed by atoms with E-state index in [1.165, 1.54) is 0 Å². The van der Waals surface area contributed by atoms with Gasteiger partial charge in [-0.05, 0) is 24.5 Å². The Labute approximate surface area is 82.8 Å². The van der Waals surface area contributed by atoms with Crippen molar-refractivity contribution < 1.29 is 9.90 Å². The van der Waals surface area contributed by atoms with Crippen LogP contribution >= 0.6 is 0 Å². The molecule has 74 valence electrons. The summed E-state index contributed by atoms with van der Waals surface area (Å²) in [6, 6.07) is 3.67. The molecule has 0 amide bonds. The molecule has 0 saturated heterocycles. The van der Waals surface area contributed by atoms with Crippen molar-refractivity contribution in [1.29, 1.82) is 0 Å². The van der Waals surface area contributed by atoms with Crippen LogP contribution in [0.5, 0.6) is 0 Å². The first kappa shape index (κ1) is 9.19. The molecule has 0 aliphatic heterocycles. The molecule has 1 N–H and O–H groups in total. The van der Waals surface area contributed by atoms with Gasteiger partial charge in [-0.15, -0.1) is 0 Å². The summed E-state index contributed by atoms with van der Waals surface area (Å²) in [7, 11) is 0. The topological polar surface area (TPSA) is 50.2 Å². The van der Waals surface area contributed by atoms with E-state index < -0.39 is 11.4 Å². The minimum Gasteiger partial charge on any atom is -0.481 e. The van der Waals surface area contributed by atoms with Gasteiger partial charge in [0, 0.05) is 12.4 Å². The Bertz CT molecular complexity index is 328. The molecule has 1 saturated carbocycles. The summed E-state index contributed by atoms with van der Waals surface area (Å²) in [4.78, 5) is 15.3. The molecule has 0 spiro atoms. The highest BCUT2D eigenvalue weighted by molar-refractivity contribution is 5.81. The third-order valence-corrected chi connectivity index (χ3v) is 3.08. The van der Waals surface area contributed by atoms with Crippen LogP contribution in [0.15, 0.2) is 24.5 Å². The third kappa shape index (κ3) is 1.29. The van der Waals surface area contributed by atoms with E-state index in [0.29, 0.717) is 0 Å². The van der Waals surface area contributed by atoms with Gasteiger partial charge in [-0.25, -0.2) is 0 Å². The molecule has 1 aromatic heterocycles. The Hall–Kier alpha value is -1.38. The monoisotopic (exact) mass is 191 g/mol. The molecule has 1 heterocycles. The maximum Gasteiger partial charge on any atom is 0.314 e. The molecule has 3 nitrogen and oxygen atoms in total. The SMILES string of the molecule is O=C(O)C1(c2cccnc2)CCCC1. The van der Waals surface area contributed by atoms with Gasteiger partial charge in [-0.3, -0.25) is 9.78 Å². The molecule has 14 heavy (non-hydrogen) atoms. The van der Waals surface area contributed by atoms with Gasteiger partial charge in [0.2, 0.25) is 0 Å². The highest BCUT2D eigenvalue weighted by Crippen LogP contribution is 2.40. The Morgan fingerprint density at radius 3 is 2.64 bits per heavy atom. The first-order chi connectivity index (χ1) is 6.76. The molecule has 3 heteroatoms. The largest absolute Gasteiger partial charge is 0.481 e. The van der Waals surface area contributed by atoms with E-state index >= 15 is 0 Å². The number of aromatic nitrogens is 1. The molecule has 1 aliphatic carbocycles. The average Bonchev–Trinajstić information content (AvgIpc) is 2.69. The predicted molar refractivity (Wildman–Crippen MR) is 52.0 cm³/mol. The van der Waals surface area contributed by atoms with Crippen molar-refractivity contribution in [3.63, 3.8) is 0 Å². The normalized spacial score (nSPS) is 19.4. The minimum absolute atomic E-state index is 0.658. The van der Waals surface area contributed by atoms with Crippen LogP contribution in [0, 0.1) is 0 Å².